The van der Waals surface area contributed by atoms with Gasteiger partial charge in [-0.05, 0) is 30.3 Å². The van der Waals surface area contributed by atoms with Gasteiger partial charge in [-0.3, -0.25) is 4.79 Å². The van der Waals surface area contributed by atoms with Gasteiger partial charge in [-0.25, -0.2) is 13.3 Å². The highest BCUT2D eigenvalue weighted by atomic mass is 35.5. The third-order valence-corrected chi connectivity index (χ3v) is 5.57. The predicted molar refractivity (Wildman–Crippen MR) is 92.7 cm³/mol. The van der Waals surface area contributed by atoms with Crippen molar-refractivity contribution in [2.75, 3.05) is 0 Å². The number of nitrogens with one attached hydrogen (secondary N) is 1. The van der Waals surface area contributed by atoms with Gasteiger partial charge in [0.1, 0.15) is 4.90 Å². The van der Waals surface area contributed by atoms with E-state index >= 15 is 0 Å². The van der Waals surface area contributed by atoms with Gasteiger partial charge in [0, 0.05) is 27.1 Å². The lowest BCUT2D eigenvalue weighted by Crippen LogP contribution is -2.16. The first-order chi connectivity index (χ1) is 11.3. The average molecular weight is 379 g/mol. The first-order valence-electron chi connectivity index (χ1n) is 6.57. The summed E-state index contributed by atoms with van der Waals surface area (Å²) in [5.41, 5.74) is -0.00540. The van der Waals surface area contributed by atoms with Crippen molar-refractivity contribution >= 4 is 49.6 Å². The van der Waals surface area contributed by atoms with Crippen LogP contribution in [0.5, 0.6) is 0 Å². The maximum absolute atomic E-state index is 12.8. The Bertz CT molecular complexity index is 1160. The van der Waals surface area contributed by atoms with Crippen molar-refractivity contribution in [1.29, 1.82) is 0 Å². The number of hydrogen-bond donors (Lipinski definition) is 1. The van der Waals surface area contributed by atoms with Gasteiger partial charge in [-0.1, -0.05) is 29.3 Å². The zero-order chi connectivity index (χ0) is 17.5. The Morgan fingerprint density at radius 2 is 1.71 bits per heavy atom. The molecule has 2 aromatic carbocycles. The lowest BCUT2D eigenvalue weighted by Gasteiger charge is -2.07. The number of benzene rings is 2. The fourth-order valence-corrected chi connectivity index (χ4v) is 4.31. The van der Waals surface area contributed by atoms with Crippen molar-refractivity contribution in [1.82, 2.24) is 4.98 Å². The fraction of sp³-hybridized carbons (Fsp3) is 0. The molecule has 1 aromatic heterocycles. The molecule has 5 nitrogen and oxygen atoms in total. The lowest BCUT2D eigenvalue weighted by molar-refractivity contribution is 0.595. The van der Waals surface area contributed by atoms with Crippen LogP contribution in [-0.4, -0.2) is 13.4 Å². The number of nitrogens with zero attached hydrogens (tertiary/aromatic N) is 1. The van der Waals surface area contributed by atoms with Gasteiger partial charge in [0.05, 0.1) is 11.5 Å². The summed E-state index contributed by atoms with van der Waals surface area (Å²) in [4.78, 5) is 18.0. The minimum Gasteiger partial charge on any atom is -0.360 e. The van der Waals surface area contributed by atoms with Crippen molar-refractivity contribution < 1.29 is 8.42 Å². The van der Waals surface area contributed by atoms with Crippen LogP contribution in [-0.2, 0) is 9.84 Å². The molecule has 0 atom stereocenters. The van der Waals surface area contributed by atoms with Crippen LogP contribution in [0, 0.1) is 6.57 Å². The maximum atomic E-state index is 12.8. The summed E-state index contributed by atoms with van der Waals surface area (Å²) in [5.74, 6) is 0. The largest absolute Gasteiger partial charge is 0.360 e. The summed E-state index contributed by atoms with van der Waals surface area (Å²) in [6, 6.07) is 8.29. The zero-order valence-electron chi connectivity index (χ0n) is 11.9. The van der Waals surface area contributed by atoms with Crippen LogP contribution in [0.1, 0.15) is 0 Å². The number of sulfone groups is 1. The number of fused-ring (bicyclic) bond motifs is 1. The Morgan fingerprint density at radius 3 is 2.33 bits per heavy atom. The molecule has 120 valence electrons. The molecule has 0 amide bonds. The molecule has 3 aromatic rings. The van der Waals surface area contributed by atoms with Crippen LogP contribution in [0.3, 0.4) is 0 Å². The Kier molecular flexibility index (Phi) is 4.10. The minimum absolute atomic E-state index is 0.123. The maximum Gasteiger partial charge on any atom is 0.212 e. The van der Waals surface area contributed by atoms with E-state index in [1.54, 1.807) is 6.07 Å². The van der Waals surface area contributed by atoms with Gasteiger partial charge < -0.3 is 4.98 Å². The summed E-state index contributed by atoms with van der Waals surface area (Å²) < 4.78 is 25.5. The Labute approximate surface area is 147 Å². The molecule has 0 saturated carbocycles. The molecule has 0 aliphatic carbocycles. The highest BCUT2D eigenvalue weighted by Gasteiger charge is 2.23. The van der Waals surface area contributed by atoms with Gasteiger partial charge in [-0.15, -0.1) is 0 Å². The van der Waals surface area contributed by atoms with E-state index in [0.717, 1.165) is 6.20 Å². The van der Waals surface area contributed by atoms with Gasteiger partial charge in [0.25, 0.3) is 0 Å². The normalized spacial score (nSPS) is 11.4. The smallest absolute Gasteiger partial charge is 0.212 e. The van der Waals surface area contributed by atoms with Crippen molar-refractivity contribution in [2.24, 2.45) is 0 Å². The second-order valence-electron chi connectivity index (χ2n) is 4.93. The molecule has 0 bridgehead atoms. The molecule has 1 N–H and O–H groups in total. The van der Waals surface area contributed by atoms with Crippen LogP contribution < -0.4 is 5.43 Å². The third-order valence-electron chi connectivity index (χ3n) is 3.40. The Morgan fingerprint density at radius 1 is 1.04 bits per heavy atom. The van der Waals surface area contributed by atoms with E-state index in [1.807, 2.05) is 0 Å². The van der Waals surface area contributed by atoms with E-state index in [9.17, 15) is 13.2 Å². The molecule has 0 aliphatic heterocycles. The van der Waals surface area contributed by atoms with Crippen LogP contribution in [0.2, 0.25) is 10.0 Å². The van der Waals surface area contributed by atoms with Gasteiger partial charge in [-0.2, -0.15) is 0 Å². The van der Waals surface area contributed by atoms with Crippen LogP contribution in [0.4, 0.5) is 5.69 Å². The first kappa shape index (κ1) is 16.5. The number of hydrogen-bond acceptors (Lipinski definition) is 3. The Hall–Kier alpha value is -2.33. The van der Waals surface area contributed by atoms with Gasteiger partial charge >= 0.3 is 0 Å². The number of aromatic amines is 1. The molecule has 1 heterocycles. The van der Waals surface area contributed by atoms with E-state index < -0.39 is 20.2 Å². The van der Waals surface area contributed by atoms with Crippen LogP contribution in [0.25, 0.3) is 15.7 Å². The summed E-state index contributed by atoms with van der Waals surface area (Å²) in [6.07, 6.45) is 1.13. The van der Waals surface area contributed by atoms with Crippen LogP contribution in [0.15, 0.2) is 57.2 Å². The Balaban J connectivity index is 2.31. The van der Waals surface area contributed by atoms with E-state index in [1.165, 1.54) is 30.3 Å². The van der Waals surface area contributed by atoms with Gasteiger partial charge in [0.15, 0.2) is 5.69 Å². The fourth-order valence-electron chi connectivity index (χ4n) is 2.27. The van der Waals surface area contributed by atoms with Crippen molar-refractivity contribution in [2.45, 2.75) is 9.79 Å². The molecule has 0 spiro atoms. The molecular weight excluding hydrogens is 371 g/mol. The topological polar surface area (TPSA) is 71.4 Å². The first-order valence-corrected chi connectivity index (χ1v) is 8.81. The number of aromatic nitrogens is 1. The molecule has 3 rings (SSSR count). The standard InChI is InChI=1S/C16H8Cl2N2O3S/c1-19-11-2-3-14-13(7-11)16(21)15(8-20-14)24(22,23)12-5-9(17)4-10(18)6-12/h2-8H,(H,20,21). The monoisotopic (exact) mass is 378 g/mol. The molecule has 0 unspecified atom stereocenters. The van der Waals surface area contributed by atoms with Crippen molar-refractivity contribution in [3.63, 3.8) is 0 Å². The van der Waals surface area contributed by atoms with E-state index in [4.69, 9.17) is 29.8 Å². The summed E-state index contributed by atoms with van der Waals surface area (Å²) in [5, 5.41) is 0.417. The van der Waals surface area contributed by atoms with Gasteiger partial charge in [0.2, 0.25) is 15.3 Å². The third kappa shape index (κ3) is 2.78. The van der Waals surface area contributed by atoms with Crippen molar-refractivity contribution in [3.8, 4) is 0 Å². The average Bonchev–Trinajstić information content (AvgIpc) is 2.54. The number of rotatable bonds is 2. The summed E-state index contributed by atoms with van der Waals surface area (Å²) in [6.45, 7) is 7.01. The summed E-state index contributed by atoms with van der Waals surface area (Å²) >= 11 is 11.7. The quantitative estimate of drug-likeness (QED) is 0.678. The minimum atomic E-state index is -4.12. The van der Waals surface area contributed by atoms with Crippen LogP contribution >= 0.6 is 23.2 Å². The highest BCUT2D eigenvalue weighted by molar-refractivity contribution is 7.91. The summed E-state index contributed by atoms with van der Waals surface area (Å²) in [7, 11) is -4.12. The second-order valence-corrected chi connectivity index (χ2v) is 7.72. The molecule has 0 fully saturated rings. The molecule has 0 saturated heterocycles. The van der Waals surface area contributed by atoms with E-state index in [-0.39, 0.29) is 26.0 Å². The number of H-pyrrole nitrogens is 1. The second kappa shape index (κ2) is 5.95. The molecule has 8 heteroatoms. The molecule has 0 aliphatic rings. The molecule has 24 heavy (non-hydrogen) atoms. The highest BCUT2D eigenvalue weighted by Crippen LogP contribution is 2.27. The molecule has 0 radical (unpaired) electrons. The SMILES string of the molecule is [C-]#[N+]c1ccc2[nH]cc(S(=O)(=O)c3cc(Cl)cc(Cl)c3)c(=O)c2c1. The van der Waals surface area contributed by atoms with E-state index in [2.05, 4.69) is 9.83 Å². The zero-order valence-corrected chi connectivity index (χ0v) is 14.2. The van der Waals surface area contributed by atoms with Crippen molar-refractivity contribution in [3.05, 3.63) is 74.3 Å². The number of halogens is 2. The molecular formula is C16H8Cl2N2O3S. The number of pyridine rings is 1. The predicted octanol–water partition coefficient (Wildman–Crippen LogP) is 4.22. The van der Waals surface area contributed by atoms with E-state index in [0.29, 0.717) is 5.52 Å². The lowest BCUT2D eigenvalue weighted by atomic mass is 10.2.